The number of anilines is 2. The second-order valence-electron chi connectivity index (χ2n) is 5.68. The first kappa shape index (κ1) is 18.9. The summed E-state index contributed by atoms with van der Waals surface area (Å²) in [7, 11) is 0. The first-order chi connectivity index (χ1) is 12.4. The first-order valence-electron chi connectivity index (χ1n) is 8.08. The SMILES string of the molecule is CC(=O)Nc1ccc(/C=C\C(=O)/C=C/c2ccc(NC(C)=O)cc2)cc1. The molecule has 0 aliphatic heterocycles. The zero-order valence-corrected chi connectivity index (χ0v) is 14.7. The van der Waals surface area contributed by atoms with Gasteiger partial charge in [0.1, 0.15) is 0 Å². The van der Waals surface area contributed by atoms with E-state index < -0.39 is 0 Å². The van der Waals surface area contributed by atoms with Crippen molar-refractivity contribution in [1.29, 1.82) is 0 Å². The maximum atomic E-state index is 11.9. The Morgan fingerprint density at radius 1 is 0.654 bits per heavy atom. The van der Waals surface area contributed by atoms with Crippen molar-refractivity contribution in [2.45, 2.75) is 13.8 Å². The van der Waals surface area contributed by atoms with Crippen molar-refractivity contribution >= 4 is 41.1 Å². The van der Waals surface area contributed by atoms with Crippen LogP contribution in [0.2, 0.25) is 0 Å². The Morgan fingerprint density at radius 2 is 1.00 bits per heavy atom. The van der Waals surface area contributed by atoms with Gasteiger partial charge >= 0.3 is 0 Å². The van der Waals surface area contributed by atoms with E-state index in [1.165, 1.54) is 26.0 Å². The summed E-state index contributed by atoms with van der Waals surface area (Å²) >= 11 is 0. The molecule has 2 N–H and O–H groups in total. The van der Waals surface area contributed by atoms with Gasteiger partial charge in [-0.05, 0) is 47.5 Å². The Kier molecular flexibility index (Phi) is 6.62. The smallest absolute Gasteiger partial charge is 0.221 e. The van der Waals surface area contributed by atoms with Gasteiger partial charge in [0.15, 0.2) is 5.78 Å². The van der Waals surface area contributed by atoms with Crippen molar-refractivity contribution < 1.29 is 14.4 Å². The van der Waals surface area contributed by atoms with E-state index in [2.05, 4.69) is 10.6 Å². The fourth-order valence-corrected chi connectivity index (χ4v) is 2.17. The highest BCUT2D eigenvalue weighted by Crippen LogP contribution is 2.12. The summed E-state index contributed by atoms with van der Waals surface area (Å²) < 4.78 is 0. The lowest BCUT2D eigenvalue weighted by Gasteiger charge is -2.01. The normalized spacial score (nSPS) is 10.8. The van der Waals surface area contributed by atoms with E-state index in [0.717, 1.165) is 11.1 Å². The standard InChI is InChI=1S/C21H20N2O3/c1-15(24)22-19-9-3-17(4-10-19)7-13-21(26)14-8-18-5-11-20(12-6-18)23-16(2)25/h3-14H,1-2H3,(H,22,24)(H,23,25)/b13-7-,14-8+. The third-order valence-electron chi connectivity index (χ3n) is 3.34. The molecule has 0 spiro atoms. The summed E-state index contributed by atoms with van der Waals surface area (Å²) in [6, 6.07) is 14.4. The maximum absolute atomic E-state index is 11.9. The number of allylic oxidation sites excluding steroid dienone is 2. The zero-order chi connectivity index (χ0) is 18.9. The van der Waals surface area contributed by atoms with Gasteiger partial charge in [-0.1, -0.05) is 36.4 Å². The largest absolute Gasteiger partial charge is 0.326 e. The van der Waals surface area contributed by atoms with Gasteiger partial charge in [-0.2, -0.15) is 0 Å². The van der Waals surface area contributed by atoms with Crippen LogP contribution >= 0.6 is 0 Å². The number of amides is 2. The van der Waals surface area contributed by atoms with Crippen LogP contribution in [-0.2, 0) is 14.4 Å². The van der Waals surface area contributed by atoms with Crippen LogP contribution < -0.4 is 10.6 Å². The molecule has 2 aromatic rings. The number of carbonyl (C=O) groups excluding carboxylic acids is 3. The molecule has 0 bridgehead atoms. The lowest BCUT2D eigenvalue weighted by Crippen LogP contribution is -2.05. The molecule has 2 rings (SSSR count). The zero-order valence-electron chi connectivity index (χ0n) is 14.7. The molecule has 0 fully saturated rings. The Bertz CT molecular complexity index is 776. The van der Waals surface area contributed by atoms with Crippen molar-refractivity contribution in [3.63, 3.8) is 0 Å². The Hall–Kier alpha value is -3.47. The molecule has 0 aromatic heterocycles. The molecule has 5 heteroatoms. The highest BCUT2D eigenvalue weighted by Gasteiger charge is 1.97. The van der Waals surface area contributed by atoms with Crippen LogP contribution in [0.15, 0.2) is 60.7 Å². The number of hydrogen-bond donors (Lipinski definition) is 2. The molecular weight excluding hydrogens is 328 g/mol. The molecule has 0 atom stereocenters. The van der Waals surface area contributed by atoms with Gasteiger partial charge in [-0.15, -0.1) is 0 Å². The monoisotopic (exact) mass is 348 g/mol. The third-order valence-corrected chi connectivity index (χ3v) is 3.34. The van der Waals surface area contributed by atoms with Gasteiger partial charge in [0.25, 0.3) is 0 Å². The molecule has 0 aliphatic rings. The summed E-state index contributed by atoms with van der Waals surface area (Å²) in [5.41, 5.74) is 3.15. The molecule has 0 aliphatic carbocycles. The van der Waals surface area contributed by atoms with E-state index in [-0.39, 0.29) is 17.6 Å². The van der Waals surface area contributed by atoms with Gasteiger partial charge in [0, 0.05) is 25.2 Å². The van der Waals surface area contributed by atoms with Crippen LogP contribution in [0, 0.1) is 0 Å². The molecule has 0 unspecified atom stereocenters. The van der Waals surface area contributed by atoms with Gasteiger partial charge < -0.3 is 10.6 Å². The van der Waals surface area contributed by atoms with Crippen LogP contribution in [0.25, 0.3) is 12.2 Å². The van der Waals surface area contributed by atoms with Gasteiger partial charge in [0.2, 0.25) is 11.8 Å². The number of ketones is 1. The number of hydrogen-bond acceptors (Lipinski definition) is 3. The van der Waals surface area contributed by atoms with E-state index >= 15 is 0 Å². The van der Waals surface area contributed by atoms with Crippen LogP contribution in [0.4, 0.5) is 11.4 Å². The Labute approximate surface area is 152 Å². The lowest BCUT2D eigenvalue weighted by atomic mass is 10.1. The van der Waals surface area contributed by atoms with Crippen LogP contribution in [0.3, 0.4) is 0 Å². The fraction of sp³-hybridized carbons (Fsp3) is 0.0952. The van der Waals surface area contributed by atoms with E-state index in [1.54, 1.807) is 36.4 Å². The molecule has 26 heavy (non-hydrogen) atoms. The number of rotatable bonds is 6. The minimum atomic E-state index is -0.137. The summed E-state index contributed by atoms with van der Waals surface area (Å²) in [6.45, 7) is 2.90. The maximum Gasteiger partial charge on any atom is 0.221 e. The van der Waals surface area contributed by atoms with E-state index in [0.29, 0.717) is 11.4 Å². The lowest BCUT2D eigenvalue weighted by molar-refractivity contribution is -0.115. The summed E-state index contributed by atoms with van der Waals surface area (Å²) in [6.07, 6.45) is 6.39. The van der Waals surface area contributed by atoms with Crippen molar-refractivity contribution in [3.05, 3.63) is 71.8 Å². The predicted molar refractivity (Wildman–Crippen MR) is 105 cm³/mol. The average Bonchev–Trinajstić information content (AvgIpc) is 2.59. The van der Waals surface area contributed by atoms with Crippen molar-refractivity contribution in [1.82, 2.24) is 0 Å². The second-order valence-corrected chi connectivity index (χ2v) is 5.68. The highest BCUT2D eigenvalue weighted by atomic mass is 16.2. The summed E-state index contributed by atoms with van der Waals surface area (Å²) in [5, 5.41) is 5.37. The van der Waals surface area contributed by atoms with Crippen LogP contribution in [0.5, 0.6) is 0 Å². The summed E-state index contributed by atoms with van der Waals surface area (Å²) in [5.74, 6) is -0.390. The number of carbonyl (C=O) groups is 3. The van der Waals surface area contributed by atoms with Gasteiger partial charge in [-0.25, -0.2) is 0 Å². The minimum Gasteiger partial charge on any atom is -0.326 e. The van der Waals surface area contributed by atoms with Crippen LogP contribution in [0.1, 0.15) is 25.0 Å². The minimum absolute atomic E-state index is 0.126. The van der Waals surface area contributed by atoms with Crippen molar-refractivity contribution in [2.75, 3.05) is 10.6 Å². The molecule has 0 heterocycles. The Morgan fingerprint density at radius 3 is 1.31 bits per heavy atom. The van der Waals surface area contributed by atoms with Crippen molar-refractivity contribution in [2.24, 2.45) is 0 Å². The molecular formula is C21H20N2O3. The number of benzene rings is 2. The number of nitrogens with one attached hydrogen (secondary N) is 2. The molecule has 0 saturated heterocycles. The predicted octanol–water partition coefficient (Wildman–Crippen LogP) is 3.90. The van der Waals surface area contributed by atoms with E-state index in [4.69, 9.17) is 0 Å². The fourth-order valence-electron chi connectivity index (χ4n) is 2.17. The second kappa shape index (κ2) is 9.13. The Balaban J connectivity index is 1.92. The van der Waals surface area contributed by atoms with E-state index in [9.17, 15) is 14.4 Å². The molecule has 5 nitrogen and oxygen atoms in total. The molecule has 0 radical (unpaired) electrons. The molecule has 132 valence electrons. The molecule has 0 saturated carbocycles. The van der Waals surface area contributed by atoms with Gasteiger partial charge in [0.05, 0.1) is 0 Å². The third kappa shape index (κ3) is 6.57. The first-order valence-corrected chi connectivity index (χ1v) is 8.08. The average molecular weight is 348 g/mol. The quantitative estimate of drug-likeness (QED) is 0.778. The van der Waals surface area contributed by atoms with Crippen LogP contribution in [-0.4, -0.2) is 17.6 Å². The van der Waals surface area contributed by atoms with E-state index in [1.807, 2.05) is 24.3 Å². The summed E-state index contributed by atoms with van der Waals surface area (Å²) in [4.78, 5) is 33.9. The highest BCUT2D eigenvalue weighted by molar-refractivity contribution is 6.04. The molecule has 2 amide bonds. The topological polar surface area (TPSA) is 75.3 Å². The molecule has 2 aromatic carbocycles. The van der Waals surface area contributed by atoms with Gasteiger partial charge in [-0.3, -0.25) is 14.4 Å². The van der Waals surface area contributed by atoms with Crippen molar-refractivity contribution in [3.8, 4) is 0 Å².